The minimum atomic E-state index is 0.565. The Labute approximate surface area is 75.4 Å². The molecule has 1 saturated heterocycles. The Kier molecular flexibility index (Phi) is 5.04. The molecule has 12 heavy (non-hydrogen) atoms. The first kappa shape index (κ1) is 9.75. The van der Waals surface area contributed by atoms with E-state index < -0.39 is 0 Å². The topological polar surface area (TPSA) is 24.1 Å². The normalized spacial score (nSPS) is 24.9. The van der Waals surface area contributed by atoms with Gasteiger partial charge in [-0.15, -0.1) is 0 Å². The third-order valence-corrected chi connectivity index (χ3v) is 2.17. The maximum absolute atomic E-state index is 3.45. The Morgan fingerprint density at radius 3 is 3.00 bits per heavy atom. The molecule has 1 atom stereocenters. The molecule has 0 saturated carbocycles. The molecule has 0 aromatic rings. The van der Waals surface area contributed by atoms with Crippen molar-refractivity contribution in [1.82, 2.24) is 10.6 Å². The molecule has 2 heteroatoms. The lowest BCUT2D eigenvalue weighted by atomic mass is 10.2. The summed E-state index contributed by atoms with van der Waals surface area (Å²) in [6.45, 7) is 5.53. The van der Waals surface area contributed by atoms with Crippen LogP contribution in [0.2, 0.25) is 0 Å². The molecule has 1 fully saturated rings. The Hall–Kier alpha value is -0.340. The Balaban J connectivity index is 2.07. The lowest BCUT2D eigenvalue weighted by molar-refractivity contribution is 0.470. The maximum Gasteiger partial charge on any atom is 0.0376 e. The standard InChI is InChI=1S/C10H20N2/c1-2-3-4-5-6-10-9-11-7-8-12-10/h5-6,10-12H,2-4,7-9H2,1H3. The predicted octanol–water partition coefficient (Wildman–Crippen LogP) is 1.29. The van der Waals surface area contributed by atoms with Crippen molar-refractivity contribution in [2.24, 2.45) is 0 Å². The van der Waals surface area contributed by atoms with Crippen molar-refractivity contribution in [3.63, 3.8) is 0 Å². The fourth-order valence-electron chi connectivity index (χ4n) is 1.39. The molecule has 0 amide bonds. The monoisotopic (exact) mass is 168 g/mol. The van der Waals surface area contributed by atoms with Crippen molar-refractivity contribution in [1.29, 1.82) is 0 Å². The van der Waals surface area contributed by atoms with Crippen LogP contribution in [-0.2, 0) is 0 Å². The lowest BCUT2D eigenvalue weighted by Gasteiger charge is -2.21. The Morgan fingerprint density at radius 1 is 1.42 bits per heavy atom. The van der Waals surface area contributed by atoms with E-state index in [1.165, 1.54) is 19.3 Å². The average molecular weight is 168 g/mol. The average Bonchev–Trinajstić information content (AvgIpc) is 2.14. The highest BCUT2D eigenvalue weighted by Gasteiger charge is 2.06. The van der Waals surface area contributed by atoms with Crippen molar-refractivity contribution in [2.45, 2.75) is 32.2 Å². The molecular formula is C10H20N2. The molecule has 70 valence electrons. The summed E-state index contributed by atoms with van der Waals surface area (Å²) in [5.74, 6) is 0. The maximum atomic E-state index is 3.45. The summed E-state index contributed by atoms with van der Waals surface area (Å²) in [5, 5.41) is 6.81. The molecule has 2 N–H and O–H groups in total. The Morgan fingerprint density at radius 2 is 2.33 bits per heavy atom. The van der Waals surface area contributed by atoms with Gasteiger partial charge >= 0.3 is 0 Å². The van der Waals surface area contributed by atoms with E-state index in [1.54, 1.807) is 0 Å². The van der Waals surface area contributed by atoms with Crippen LogP contribution < -0.4 is 10.6 Å². The highest BCUT2D eigenvalue weighted by molar-refractivity contribution is 4.96. The van der Waals surface area contributed by atoms with E-state index >= 15 is 0 Å². The van der Waals surface area contributed by atoms with Crippen LogP contribution in [0.4, 0.5) is 0 Å². The molecule has 0 aromatic heterocycles. The van der Waals surface area contributed by atoms with Gasteiger partial charge in [-0.3, -0.25) is 0 Å². The van der Waals surface area contributed by atoms with E-state index in [0.717, 1.165) is 19.6 Å². The molecule has 0 bridgehead atoms. The highest BCUT2D eigenvalue weighted by Crippen LogP contribution is 1.97. The zero-order chi connectivity index (χ0) is 8.65. The predicted molar refractivity (Wildman–Crippen MR) is 53.3 cm³/mol. The van der Waals surface area contributed by atoms with Crippen LogP contribution in [0.5, 0.6) is 0 Å². The summed E-state index contributed by atoms with van der Waals surface area (Å²) in [7, 11) is 0. The van der Waals surface area contributed by atoms with Crippen LogP contribution in [0.1, 0.15) is 26.2 Å². The number of allylic oxidation sites excluding steroid dienone is 1. The van der Waals surface area contributed by atoms with Gasteiger partial charge in [-0.25, -0.2) is 0 Å². The van der Waals surface area contributed by atoms with E-state index in [4.69, 9.17) is 0 Å². The first-order valence-corrected chi connectivity index (χ1v) is 5.04. The van der Waals surface area contributed by atoms with Crippen molar-refractivity contribution in [3.05, 3.63) is 12.2 Å². The highest BCUT2D eigenvalue weighted by atomic mass is 15.0. The summed E-state index contributed by atoms with van der Waals surface area (Å²) in [5.41, 5.74) is 0. The van der Waals surface area contributed by atoms with Crippen LogP contribution in [0, 0.1) is 0 Å². The van der Waals surface area contributed by atoms with E-state index in [1.807, 2.05) is 0 Å². The SMILES string of the molecule is CCCCC=CC1CNCCN1. The van der Waals surface area contributed by atoms with E-state index in [9.17, 15) is 0 Å². The molecule has 0 radical (unpaired) electrons. The second kappa shape index (κ2) is 6.21. The third-order valence-electron chi connectivity index (χ3n) is 2.17. The van der Waals surface area contributed by atoms with Gasteiger partial charge in [0, 0.05) is 25.7 Å². The van der Waals surface area contributed by atoms with Gasteiger partial charge in [0.15, 0.2) is 0 Å². The molecule has 1 rings (SSSR count). The van der Waals surface area contributed by atoms with Gasteiger partial charge in [-0.05, 0) is 6.42 Å². The molecular weight excluding hydrogens is 148 g/mol. The van der Waals surface area contributed by atoms with Crippen LogP contribution in [-0.4, -0.2) is 25.7 Å². The Bertz CT molecular complexity index is 126. The van der Waals surface area contributed by atoms with Crippen molar-refractivity contribution in [3.8, 4) is 0 Å². The zero-order valence-electron chi connectivity index (χ0n) is 7.97. The van der Waals surface area contributed by atoms with Gasteiger partial charge in [0.1, 0.15) is 0 Å². The molecule has 0 aromatic carbocycles. The molecule has 1 aliphatic rings. The summed E-state index contributed by atoms with van der Waals surface area (Å²) < 4.78 is 0. The summed E-state index contributed by atoms with van der Waals surface area (Å²) in [4.78, 5) is 0. The van der Waals surface area contributed by atoms with E-state index in [2.05, 4.69) is 29.7 Å². The second-order valence-electron chi connectivity index (χ2n) is 3.34. The first-order chi connectivity index (χ1) is 5.93. The minimum Gasteiger partial charge on any atom is -0.314 e. The molecule has 0 aliphatic carbocycles. The number of piperazine rings is 1. The van der Waals surface area contributed by atoms with Gasteiger partial charge in [-0.1, -0.05) is 31.9 Å². The molecule has 1 unspecified atom stereocenters. The quantitative estimate of drug-likeness (QED) is 0.488. The molecule has 1 heterocycles. The molecule has 1 aliphatic heterocycles. The van der Waals surface area contributed by atoms with Gasteiger partial charge < -0.3 is 10.6 Å². The van der Waals surface area contributed by atoms with Gasteiger partial charge in [0.2, 0.25) is 0 Å². The molecule has 2 nitrogen and oxygen atoms in total. The largest absolute Gasteiger partial charge is 0.314 e. The smallest absolute Gasteiger partial charge is 0.0376 e. The van der Waals surface area contributed by atoms with Crippen molar-refractivity contribution in [2.75, 3.05) is 19.6 Å². The summed E-state index contributed by atoms with van der Waals surface area (Å²) in [6, 6.07) is 0.565. The van der Waals surface area contributed by atoms with Crippen molar-refractivity contribution >= 4 is 0 Å². The second-order valence-corrected chi connectivity index (χ2v) is 3.34. The van der Waals surface area contributed by atoms with E-state index in [-0.39, 0.29) is 0 Å². The first-order valence-electron chi connectivity index (χ1n) is 5.04. The van der Waals surface area contributed by atoms with Crippen LogP contribution in [0.25, 0.3) is 0 Å². The van der Waals surface area contributed by atoms with Crippen LogP contribution in [0.15, 0.2) is 12.2 Å². The van der Waals surface area contributed by atoms with Gasteiger partial charge in [0.25, 0.3) is 0 Å². The number of unbranched alkanes of at least 4 members (excludes halogenated alkanes) is 2. The van der Waals surface area contributed by atoms with Gasteiger partial charge in [-0.2, -0.15) is 0 Å². The summed E-state index contributed by atoms with van der Waals surface area (Å²) >= 11 is 0. The number of nitrogens with one attached hydrogen (secondary N) is 2. The summed E-state index contributed by atoms with van der Waals surface area (Å²) in [6.07, 6.45) is 8.43. The minimum absolute atomic E-state index is 0.565. The van der Waals surface area contributed by atoms with Crippen LogP contribution in [0.3, 0.4) is 0 Å². The number of rotatable bonds is 4. The fraction of sp³-hybridized carbons (Fsp3) is 0.800. The number of hydrogen-bond acceptors (Lipinski definition) is 2. The third kappa shape index (κ3) is 3.88. The van der Waals surface area contributed by atoms with Crippen molar-refractivity contribution < 1.29 is 0 Å². The fourth-order valence-corrected chi connectivity index (χ4v) is 1.39. The van der Waals surface area contributed by atoms with Crippen LogP contribution >= 0.6 is 0 Å². The number of hydrogen-bond donors (Lipinski definition) is 2. The van der Waals surface area contributed by atoms with Gasteiger partial charge in [0.05, 0.1) is 0 Å². The van der Waals surface area contributed by atoms with E-state index in [0.29, 0.717) is 6.04 Å². The zero-order valence-corrected chi connectivity index (χ0v) is 7.97. The lowest BCUT2D eigenvalue weighted by Crippen LogP contribution is -2.47. The molecule has 0 spiro atoms.